The van der Waals surface area contributed by atoms with Gasteiger partial charge in [-0.3, -0.25) is 0 Å². The second-order valence-corrected chi connectivity index (χ2v) is 4.78. The number of nitrogens with one attached hydrogen (secondary N) is 1. The van der Waals surface area contributed by atoms with Crippen molar-refractivity contribution in [3.05, 3.63) is 6.33 Å². The largest absolute Gasteiger partial charge is 0.383 e. The number of likely N-dealkylation sites (N-methyl/N-ethyl adjacent to an activating group) is 1. The van der Waals surface area contributed by atoms with Crippen molar-refractivity contribution >= 4 is 23.3 Å². The summed E-state index contributed by atoms with van der Waals surface area (Å²) in [5.74, 6) is 0.969. The van der Waals surface area contributed by atoms with E-state index in [1.807, 2.05) is 0 Å². The lowest BCUT2D eigenvalue weighted by Crippen LogP contribution is -2.35. The number of aromatic nitrogens is 2. The summed E-state index contributed by atoms with van der Waals surface area (Å²) in [4.78, 5) is 4.11. The molecule has 80 valence electrons. The lowest BCUT2D eigenvalue weighted by molar-refractivity contribution is 0.174. The van der Waals surface area contributed by atoms with E-state index >= 15 is 0 Å². The van der Waals surface area contributed by atoms with Crippen LogP contribution in [0.5, 0.6) is 0 Å². The fourth-order valence-electron chi connectivity index (χ4n) is 1.05. The smallest absolute Gasteiger partial charge is 0.169 e. The van der Waals surface area contributed by atoms with E-state index in [0.29, 0.717) is 6.04 Å². The minimum absolute atomic E-state index is 0.388. The molecular weight excluding hydrogens is 218 g/mol. The molecule has 1 unspecified atom stereocenters. The Labute approximate surface area is 92.6 Å². The topological polar surface area (TPSA) is 47.0 Å². The highest BCUT2D eigenvalue weighted by Gasteiger charge is 2.08. The Balaban J connectivity index is 2.25. The fourth-order valence-corrected chi connectivity index (χ4v) is 2.56. The second-order valence-electron chi connectivity index (χ2n) is 2.73. The maximum absolute atomic E-state index is 5.12. The van der Waals surface area contributed by atoms with Crippen LogP contribution in [0.25, 0.3) is 0 Å². The third kappa shape index (κ3) is 4.36. The average Bonchev–Trinajstić information content (AvgIpc) is 2.67. The molecule has 0 saturated carbocycles. The van der Waals surface area contributed by atoms with Crippen molar-refractivity contribution in [3.63, 3.8) is 0 Å². The van der Waals surface area contributed by atoms with Gasteiger partial charge in [-0.15, -0.1) is 0 Å². The third-order valence-electron chi connectivity index (χ3n) is 1.61. The number of methoxy groups -OCH3 is 1. The van der Waals surface area contributed by atoms with Gasteiger partial charge >= 0.3 is 0 Å². The van der Waals surface area contributed by atoms with Crippen molar-refractivity contribution in [2.24, 2.45) is 0 Å². The van der Waals surface area contributed by atoms with E-state index in [9.17, 15) is 0 Å². The van der Waals surface area contributed by atoms with Gasteiger partial charge in [0.15, 0.2) is 4.34 Å². The first-order valence-corrected chi connectivity index (χ1v) is 6.24. The molecule has 0 radical (unpaired) electrons. The lowest BCUT2D eigenvalue weighted by Gasteiger charge is -2.15. The van der Waals surface area contributed by atoms with Crippen LogP contribution in [0.2, 0.25) is 0 Å². The zero-order chi connectivity index (χ0) is 10.2. The summed E-state index contributed by atoms with van der Waals surface area (Å²) in [5.41, 5.74) is 0. The zero-order valence-corrected chi connectivity index (χ0v) is 10.0. The third-order valence-corrected chi connectivity index (χ3v) is 3.57. The molecule has 1 atom stereocenters. The van der Waals surface area contributed by atoms with E-state index in [0.717, 1.165) is 23.2 Å². The lowest BCUT2D eigenvalue weighted by atomic mass is 10.3. The highest BCUT2D eigenvalue weighted by molar-refractivity contribution is 8.00. The number of thioether (sulfide) groups is 1. The van der Waals surface area contributed by atoms with Gasteiger partial charge in [0.05, 0.1) is 6.61 Å². The van der Waals surface area contributed by atoms with Gasteiger partial charge in [0.25, 0.3) is 0 Å². The van der Waals surface area contributed by atoms with Gasteiger partial charge in [0.1, 0.15) is 6.33 Å². The van der Waals surface area contributed by atoms with Gasteiger partial charge < -0.3 is 10.1 Å². The van der Waals surface area contributed by atoms with Crippen LogP contribution in [-0.2, 0) is 4.74 Å². The Hall–Kier alpha value is -0.170. The maximum atomic E-state index is 5.12. The highest BCUT2D eigenvalue weighted by Crippen LogP contribution is 2.18. The molecule has 0 fully saturated rings. The van der Waals surface area contributed by atoms with Crippen molar-refractivity contribution in [3.8, 4) is 0 Å². The summed E-state index contributed by atoms with van der Waals surface area (Å²) in [7, 11) is 1.72. The zero-order valence-electron chi connectivity index (χ0n) is 8.40. The number of hydrogen-bond acceptors (Lipinski definition) is 6. The highest BCUT2D eigenvalue weighted by atomic mass is 32.2. The molecule has 1 rings (SSSR count). The quantitative estimate of drug-likeness (QED) is 0.718. The van der Waals surface area contributed by atoms with Gasteiger partial charge in [-0.1, -0.05) is 18.7 Å². The molecule has 0 aromatic carbocycles. The second kappa shape index (κ2) is 7.17. The van der Waals surface area contributed by atoms with Crippen LogP contribution in [0, 0.1) is 0 Å². The van der Waals surface area contributed by atoms with Crippen molar-refractivity contribution in [2.75, 3.05) is 26.0 Å². The fraction of sp³-hybridized carbons (Fsp3) is 0.750. The summed E-state index contributed by atoms with van der Waals surface area (Å²) in [6, 6.07) is 0.388. The average molecular weight is 233 g/mol. The Bertz CT molecular complexity index is 225. The molecule has 0 aliphatic carbocycles. The first-order chi connectivity index (χ1) is 6.86. The van der Waals surface area contributed by atoms with Gasteiger partial charge in [-0.2, -0.15) is 4.37 Å². The molecule has 1 heterocycles. The molecule has 0 saturated heterocycles. The van der Waals surface area contributed by atoms with Crippen LogP contribution in [0.15, 0.2) is 10.7 Å². The SMILES string of the molecule is CCNC(COC)CSc1ncns1. The van der Waals surface area contributed by atoms with E-state index < -0.39 is 0 Å². The summed E-state index contributed by atoms with van der Waals surface area (Å²) >= 11 is 3.15. The first-order valence-electron chi connectivity index (χ1n) is 4.48. The Morgan fingerprint density at radius 3 is 3.14 bits per heavy atom. The summed E-state index contributed by atoms with van der Waals surface area (Å²) in [5, 5.41) is 3.36. The summed E-state index contributed by atoms with van der Waals surface area (Å²) in [6.45, 7) is 3.79. The summed E-state index contributed by atoms with van der Waals surface area (Å²) < 4.78 is 10.1. The molecule has 0 spiro atoms. The van der Waals surface area contributed by atoms with E-state index in [1.54, 1.807) is 25.2 Å². The number of ether oxygens (including phenoxy) is 1. The van der Waals surface area contributed by atoms with Crippen molar-refractivity contribution < 1.29 is 4.74 Å². The monoisotopic (exact) mass is 233 g/mol. The maximum Gasteiger partial charge on any atom is 0.169 e. The standard InChI is InChI=1S/C8H15N3OS2/c1-3-9-7(4-12-2)5-13-8-10-6-11-14-8/h6-7,9H,3-5H2,1-2H3. The molecule has 1 N–H and O–H groups in total. The van der Waals surface area contributed by atoms with Crippen LogP contribution in [0.1, 0.15) is 6.92 Å². The normalized spacial score (nSPS) is 13.0. The molecule has 6 heteroatoms. The summed E-state index contributed by atoms with van der Waals surface area (Å²) in [6.07, 6.45) is 1.59. The first kappa shape index (κ1) is 11.9. The molecule has 14 heavy (non-hydrogen) atoms. The molecule has 0 amide bonds. The molecule has 1 aromatic rings. The predicted octanol–water partition coefficient (Wildman–Crippen LogP) is 1.25. The Kier molecular flexibility index (Phi) is 6.09. The predicted molar refractivity (Wildman–Crippen MR) is 60.0 cm³/mol. The van der Waals surface area contributed by atoms with E-state index in [1.165, 1.54) is 11.5 Å². The Morgan fingerprint density at radius 2 is 2.57 bits per heavy atom. The molecule has 0 aliphatic heterocycles. The number of hydrogen-bond donors (Lipinski definition) is 1. The minimum Gasteiger partial charge on any atom is -0.383 e. The van der Waals surface area contributed by atoms with E-state index in [-0.39, 0.29) is 0 Å². The van der Waals surface area contributed by atoms with Crippen LogP contribution < -0.4 is 5.32 Å². The van der Waals surface area contributed by atoms with Crippen molar-refractivity contribution in [2.45, 2.75) is 17.3 Å². The number of nitrogens with zero attached hydrogens (tertiary/aromatic N) is 2. The van der Waals surface area contributed by atoms with Crippen LogP contribution >= 0.6 is 23.3 Å². The molecule has 0 aliphatic rings. The van der Waals surface area contributed by atoms with Gasteiger partial charge in [-0.05, 0) is 18.1 Å². The minimum atomic E-state index is 0.388. The molecule has 0 bridgehead atoms. The molecule has 4 nitrogen and oxygen atoms in total. The van der Waals surface area contributed by atoms with E-state index in [2.05, 4.69) is 21.6 Å². The van der Waals surface area contributed by atoms with Gasteiger partial charge in [0.2, 0.25) is 0 Å². The van der Waals surface area contributed by atoms with Crippen LogP contribution in [-0.4, -0.2) is 41.4 Å². The van der Waals surface area contributed by atoms with Crippen LogP contribution in [0.4, 0.5) is 0 Å². The Morgan fingerprint density at radius 1 is 1.71 bits per heavy atom. The van der Waals surface area contributed by atoms with Gasteiger partial charge in [-0.25, -0.2) is 4.98 Å². The van der Waals surface area contributed by atoms with Crippen molar-refractivity contribution in [1.82, 2.24) is 14.7 Å². The molecular formula is C8H15N3OS2. The van der Waals surface area contributed by atoms with Crippen LogP contribution in [0.3, 0.4) is 0 Å². The van der Waals surface area contributed by atoms with E-state index in [4.69, 9.17) is 4.74 Å². The van der Waals surface area contributed by atoms with Crippen molar-refractivity contribution in [1.29, 1.82) is 0 Å². The number of rotatable bonds is 7. The molecule has 1 aromatic heterocycles. The van der Waals surface area contributed by atoms with Gasteiger partial charge in [0, 0.05) is 18.9 Å².